The zero-order chi connectivity index (χ0) is 21.9. The van der Waals surface area contributed by atoms with Crippen LogP contribution in [0.1, 0.15) is 43.2 Å². The van der Waals surface area contributed by atoms with E-state index in [9.17, 15) is 27.6 Å². The van der Waals surface area contributed by atoms with Crippen LogP contribution in [0.15, 0.2) is 24.3 Å². The first-order valence-electron chi connectivity index (χ1n) is 10.0. The minimum atomic E-state index is -4.47. The molecule has 5 nitrogen and oxygen atoms in total. The summed E-state index contributed by atoms with van der Waals surface area (Å²) in [6.07, 6.45) is 0.819. The van der Waals surface area contributed by atoms with E-state index >= 15 is 0 Å². The first-order chi connectivity index (χ1) is 14.2. The maximum Gasteiger partial charge on any atom is 0.416 e. The molecule has 1 aromatic rings. The number of halogens is 3. The van der Waals surface area contributed by atoms with Crippen molar-refractivity contribution >= 4 is 29.5 Å². The molecule has 164 valence electrons. The highest BCUT2D eigenvalue weighted by Crippen LogP contribution is 2.39. The van der Waals surface area contributed by atoms with Gasteiger partial charge in [0.1, 0.15) is 6.04 Å². The molecule has 0 radical (unpaired) electrons. The number of nitrogens with zero attached hydrogens (tertiary/aromatic N) is 1. The first kappa shape index (κ1) is 22.7. The molecule has 9 heteroatoms. The fourth-order valence-corrected chi connectivity index (χ4v) is 4.73. The van der Waals surface area contributed by atoms with Crippen LogP contribution in [0.5, 0.6) is 0 Å². The predicted octanol–water partition coefficient (Wildman–Crippen LogP) is 3.62. The second-order valence-corrected chi connectivity index (χ2v) is 8.74. The van der Waals surface area contributed by atoms with E-state index < -0.39 is 23.7 Å². The Balaban J connectivity index is 1.73. The Morgan fingerprint density at radius 2 is 1.83 bits per heavy atom. The fourth-order valence-electron chi connectivity index (χ4n) is 4.27. The van der Waals surface area contributed by atoms with E-state index in [1.807, 2.05) is 6.26 Å². The Hall–Kier alpha value is -2.03. The maximum absolute atomic E-state index is 12.9. The SMILES string of the molecule is CSCCC(C(=O)NCc1cccc(C(F)(F)F)c1)N1C(=O)C2CCCCC2C1=O. The van der Waals surface area contributed by atoms with Crippen LogP contribution in [0.25, 0.3) is 0 Å². The lowest BCUT2D eigenvalue weighted by molar-refractivity contribution is -0.148. The molecule has 1 aliphatic carbocycles. The van der Waals surface area contributed by atoms with Crippen LogP contribution in [-0.2, 0) is 27.1 Å². The molecule has 30 heavy (non-hydrogen) atoms. The quantitative estimate of drug-likeness (QED) is 0.655. The summed E-state index contributed by atoms with van der Waals surface area (Å²) < 4.78 is 38.7. The molecule has 1 aliphatic heterocycles. The lowest BCUT2D eigenvalue weighted by atomic mass is 9.81. The van der Waals surface area contributed by atoms with E-state index in [0.29, 0.717) is 30.6 Å². The maximum atomic E-state index is 12.9. The highest BCUT2D eigenvalue weighted by molar-refractivity contribution is 7.98. The number of benzene rings is 1. The van der Waals surface area contributed by atoms with Gasteiger partial charge in [-0.15, -0.1) is 0 Å². The molecule has 1 N–H and O–H groups in total. The molecule has 1 aromatic carbocycles. The van der Waals surface area contributed by atoms with Crippen molar-refractivity contribution in [2.45, 2.75) is 50.9 Å². The summed E-state index contributed by atoms with van der Waals surface area (Å²) in [6.45, 7) is -0.110. The van der Waals surface area contributed by atoms with Crippen molar-refractivity contribution in [3.05, 3.63) is 35.4 Å². The number of alkyl halides is 3. The minimum Gasteiger partial charge on any atom is -0.350 e. The lowest BCUT2D eigenvalue weighted by Crippen LogP contribution is -2.50. The monoisotopic (exact) mass is 442 g/mol. The van der Waals surface area contributed by atoms with E-state index in [4.69, 9.17) is 0 Å². The molecule has 0 spiro atoms. The second kappa shape index (κ2) is 9.41. The van der Waals surface area contributed by atoms with E-state index in [1.165, 1.54) is 23.9 Å². The number of likely N-dealkylation sites (tertiary alicyclic amines) is 1. The Morgan fingerprint density at radius 3 is 2.40 bits per heavy atom. The van der Waals surface area contributed by atoms with E-state index in [2.05, 4.69) is 5.32 Å². The highest BCUT2D eigenvalue weighted by atomic mass is 32.2. The van der Waals surface area contributed by atoms with Gasteiger partial charge in [-0.05, 0) is 49.0 Å². The summed E-state index contributed by atoms with van der Waals surface area (Å²) in [6, 6.07) is 3.79. The Morgan fingerprint density at radius 1 is 1.20 bits per heavy atom. The number of nitrogens with one attached hydrogen (secondary N) is 1. The number of carbonyl (C=O) groups is 3. The largest absolute Gasteiger partial charge is 0.416 e. The van der Waals surface area contributed by atoms with Crippen LogP contribution in [-0.4, -0.2) is 40.7 Å². The third-order valence-corrected chi connectivity index (χ3v) is 6.45. The molecule has 3 amide bonds. The van der Waals surface area contributed by atoms with Gasteiger partial charge < -0.3 is 5.32 Å². The Labute approximate surface area is 177 Å². The van der Waals surface area contributed by atoms with Crippen LogP contribution in [0.4, 0.5) is 13.2 Å². The summed E-state index contributed by atoms with van der Waals surface area (Å²) in [5, 5.41) is 2.62. The molecule has 3 atom stereocenters. The average molecular weight is 443 g/mol. The van der Waals surface area contributed by atoms with Crippen molar-refractivity contribution in [1.82, 2.24) is 10.2 Å². The summed E-state index contributed by atoms with van der Waals surface area (Å²) in [4.78, 5) is 39.8. The van der Waals surface area contributed by atoms with Gasteiger partial charge in [-0.3, -0.25) is 19.3 Å². The molecule has 0 bridgehead atoms. The van der Waals surface area contributed by atoms with Gasteiger partial charge in [-0.2, -0.15) is 24.9 Å². The van der Waals surface area contributed by atoms with Gasteiger partial charge in [0.15, 0.2) is 0 Å². The van der Waals surface area contributed by atoms with Gasteiger partial charge in [-0.1, -0.05) is 25.0 Å². The average Bonchev–Trinajstić information content (AvgIpc) is 2.97. The molecule has 3 rings (SSSR count). The number of hydrogen-bond donors (Lipinski definition) is 1. The summed E-state index contributed by atoms with van der Waals surface area (Å²) in [7, 11) is 0. The molecule has 1 heterocycles. The molecule has 2 aliphatic rings. The third kappa shape index (κ3) is 4.82. The van der Waals surface area contributed by atoms with Crippen molar-refractivity contribution in [1.29, 1.82) is 0 Å². The zero-order valence-corrected chi connectivity index (χ0v) is 17.5. The van der Waals surface area contributed by atoms with Crippen molar-refractivity contribution in [3.8, 4) is 0 Å². The molecular formula is C21H25F3N2O3S. The van der Waals surface area contributed by atoms with Crippen LogP contribution >= 0.6 is 11.8 Å². The van der Waals surface area contributed by atoms with E-state index in [0.717, 1.165) is 29.9 Å². The Kier molecular flexibility index (Phi) is 7.10. The number of thioether (sulfide) groups is 1. The van der Waals surface area contributed by atoms with Crippen LogP contribution in [0, 0.1) is 11.8 Å². The fraction of sp³-hybridized carbons (Fsp3) is 0.571. The van der Waals surface area contributed by atoms with Gasteiger partial charge >= 0.3 is 6.18 Å². The van der Waals surface area contributed by atoms with Crippen LogP contribution in [0.3, 0.4) is 0 Å². The number of hydrogen-bond acceptors (Lipinski definition) is 4. The molecule has 0 aromatic heterocycles. The molecule has 2 fully saturated rings. The van der Waals surface area contributed by atoms with Crippen molar-refractivity contribution in [2.24, 2.45) is 11.8 Å². The topological polar surface area (TPSA) is 66.5 Å². The van der Waals surface area contributed by atoms with Crippen molar-refractivity contribution < 1.29 is 27.6 Å². The number of fused-ring (bicyclic) bond motifs is 1. The summed E-state index contributed by atoms with van der Waals surface area (Å²) in [5.41, 5.74) is -0.489. The highest BCUT2D eigenvalue weighted by Gasteiger charge is 2.51. The predicted molar refractivity (Wildman–Crippen MR) is 107 cm³/mol. The molecule has 1 saturated heterocycles. The van der Waals surface area contributed by atoms with E-state index in [1.54, 1.807) is 0 Å². The van der Waals surface area contributed by atoms with Crippen LogP contribution < -0.4 is 5.32 Å². The number of carbonyl (C=O) groups excluding carboxylic acids is 3. The van der Waals surface area contributed by atoms with Crippen molar-refractivity contribution in [3.63, 3.8) is 0 Å². The number of amides is 3. The second-order valence-electron chi connectivity index (χ2n) is 7.76. The summed E-state index contributed by atoms with van der Waals surface area (Å²) >= 11 is 1.50. The van der Waals surface area contributed by atoms with Gasteiger partial charge in [0.25, 0.3) is 0 Å². The Bertz CT molecular complexity index is 791. The van der Waals surface area contributed by atoms with Gasteiger partial charge in [0, 0.05) is 6.54 Å². The summed E-state index contributed by atoms with van der Waals surface area (Å²) in [5.74, 6) is -1.20. The molecular weight excluding hydrogens is 417 g/mol. The normalized spacial score (nSPS) is 22.7. The standard InChI is InChI=1S/C21H25F3N2O3S/c1-30-10-9-17(26-19(28)15-7-2-3-8-16(15)20(26)29)18(27)25-12-13-5-4-6-14(11-13)21(22,23)24/h4-6,11,15-17H,2-3,7-10,12H2,1H3,(H,25,27). The smallest absolute Gasteiger partial charge is 0.350 e. The molecule has 3 unspecified atom stereocenters. The van der Waals surface area contributed by atoms with Gasteiger partial charge in [-0.25, -0.2) is 0 Å². The van der Waals surface area contributed by atoms with Gasteiger partial charge in [0.05, 0.1) is 17.4 Å². The first-order valence-corrected chi connectivity index (χ1v) is 11.4. The third-order valence-electron chi connectivity index (χ3n) is 5.81. The zero-order valence-electron chi connectivity index (χ0n) is 16.7. The van der Waals surface area contributed by atoms with Gasteiger partial charge in [0.2, 0.25) is 17.7 Å². The van der Waals surface area contributed by atoms with E-state index in [-0.39, 0.29) is 30.2 Å². The number of rotatable bonds is 7. The lowest BCUT2D eigenvalue weighted by Gasteiger charge is -2.26. The number of imide groups is 1. The molecule has 1 saturated carbocycles. The van der Waals surface area contributed by atoms with Crippen LogP contribution in [0.2, 0.25) is 0 Å². The minimum absolute atomic E-state index is 0.110. The van der Waals surface area contributed by atoms with Crippen molar-refractivity contribution in [2.75, 3.05) is 12.0 Å².